The van der Waals surface area contributed by atoms with Gasteiger partial charge in [0.05, 0.1) is 16.9 Å². The van der Waals surface area contributed by atoms with Crippen LogP contribution in [-0.4, -0.2) is 5.91 Å². The standard InChI is InChI=1S/C13H10BrClFN3O/c14-9-6-7(15)4-5-11(9)18-13(20)8-2-1-3-10(16)12(8)19-17/h1-6,19H,17H2,(H,18,20). The van der Waals surface area contributed by atoms with Gasteiger partial charge in [0.1, 0.15) is 5.82 Å². The summed E-state index contributed by atoms with van der Waals surface area (Å²) in [6.07, 6.45) is 0. The van der Waals surface area contributed by atoms with Gasteiger partial charge in [-0.1, -0.05) is 17.7 Å². The first-order valence-corrected chi connectivity index (χ1v) is 6.71. The molecule has 0 atom stereocenters. The molecular weight excluding hydrogens is 349 g/mol. The van der Waals surface area contributed by atoms with E-state index < -0.39 is 11.7 Å². The number of nitrogens with one attached hydrogen (secondary N) is 2. The van der Waals surface area contributed by atoms with E-state index in [1.54, 1.807) is 18.2 Å². The number of benzene rings is 2. The monoisotopic (exact) mass is 357 g/mol. The van der Waals surface area contributed by atoms with E-state index in [4.69, 9.17) is 17.4 Å². The molecule has 4 nitrogen and oxygen atoms in total. The Morgan fingerprint density at radius 3 is 2.70 bits per heavy atom. The summed E-state index contributed by atoms with van der Waals surface area (Å²) in [5.41, 5.74) is 2.75. The zero-order valence-electron chi connectivity index (χ0n) is 10.1. The Kier molecular flexibility index (Phi) is 4.59. The SMILES string of the molecule is NNc1c(F)cccc1C(=O)Nc1ccc(Cl)cc1Br. The zero-order chi connectivity index (χ0) is 14.7. The van der Waals surface area contributed by atoms with Crippen molar-refractivity contribution in [2.45, 2.75) is 0 Å². The average molecular weight is 359 g/mol. The van der Waals surface area contributed by atoms with Crippen LogP contribution in [0.2, 0.25) is 5.02 Å². The second-order valence-electron chi connectivity index (χ2n) is 3.89. The summed E-state index contributed by atoms with van der Waals surface area (Å²) in [4.78, 5) is 12.2. The highest BCUT2D eigenvalue weighted by atomic mass is 79.9. The highest BCUT2D eigenvalue weighted by molar-refractivity contribution is 9.10. The Morgan fingerprint density at radius 1 is 1.30 bits per heavy atom. The van der Waals surface area contributed by atoms with Gasteiger partial charge >= 0.3 is 0 Å². The molecule has 2 aromatic carbocycles. The van der Waals surface area contributed by atoms with Gasteiger partial charge in [0.15, 0.2) is 0 Å². The van der Waals surface area contributed by atoms with Crippen molar-refractivity contribution in [3.63, 3.8) is 0 Å². The van der Waals surface area contributed by atoms with Crippen LogP contribution in [0.1, 0.15) is 10.4 Å². The number of hydrogen-bond acceptors (Lipinski definition) is 3. The number of anilines is 2. The van der Waals surface area contributed by atoms with Crippen LogP contribution in [0.25, 0.3) is 0 Å². The molecule has 0 bridgehead atoms. The first-order valence-electron chi connectivity index (χ1n) is 5.54. The molecule has 0 aliphatic carbocycles. The van der Waals surface area contributed by atoms with E-state index in [0.29, 0.717) is 15.2 Å². The van der Waals surface area contributed by atoms with Crippen LogP contribution in [0, 0.1) is 5.82 Å². The van der Waals surface area contributed by atoms with Gasteiger partial charge < -0.3 is 10.7 Å². The molecule has 4 N–H and O–H groups in total. The Balaban J connectivity index is 2.31. The number of carbonyl (C=O) groups excluding carboxylic acids is 1. The smallest absolute Gasteiger partial charge is 0.257 e. The molecule has 0 fully saturated rings. The molecule has 0 unspecified atom stereocenters. The molecule has 1 amide bonds. The maximum Gasteiger partial charge on any atom is 0.257 e. The van der Waals surface area contributed by atoms with Gasteiger partial charge in [0.2, 0.25) is 0 Å². The molecule has 0 heterocycles. The molecule has 20 heavy (non-hydrogen) atoms. The fourth-order valence-electron chi connectivity index (χ4n) is 1.64. The lowest BCUT2D eigenvalue weighted by molar-refractivity contribution is 0.102. The number of hydrogen-bond donors (Lipinski definition) is 3. The summed E-state index contributed by atoms with van der Waals surface area (Å²) in [6, 6.07) is 9.03. The van der Waals surface area contributed by atoms with Gasteiger partial charge in [0, 0.05) is 9.50 Å². The van der Waals surface area contributed by atoms with Crippen molar-refractivity contribution in [2.24, 2.45) is 5.84 Å². The number of halogens is 3. The maximum absolute atomic E-state index is 13.5. The molecule has 0 aliphatic rings. The number of carbonyl (C=O) groups is 1. The molecule has 0 aromatic heterocycles. The van der Waals surface area contributed by atoms with Crippen LogP contribution in [-0.2, 0) is 0 Å². The van der Waals surface area contributed by atoms with Crippen molar-refractivity contribution < 1.29 is 9.18 Å². The number of nitrogen functional groups attached to an aromatic ring is 1. The summed E-state index contributed by atoms with van der Waals surface area (Å²) in [6.45, 7) is 0. The first-order chi connectivity index (χ1) is 9.52. The molecule has 7 heteroatoms. The number of nitrogens with two attached hydrogens (primary N) is 1. The summed E-state index contributed by atoms with van der Waals surface area (Å²) in [7, 11) is 0. The molecule has 0 aliphatic heterocycles. The number of para-hydroxylation sites is 1. The molecule has 0 radical (unpaired) electrons. The van der Waals surface area contributed by atoms with Crippen LogP contribution < -0.4 is 16.6 Å². The molecule has 2 rings (SSSR count). The summed E-state index contributed by atoms with van der Waals surface area (Å²) < 4.78 is 14.2. The number of amides is 1. The molecular formula is C13H10BrClFN3O. The summed E-state index contributed by atoms with van der Waals surface area (Å²) in [5.74, 6) is 4.15. The van der Waals surface area contributed by atoms with Gasteiger partial charge in [-0.3, -0.25) is 10.6 Å². The van der Waals surface area contributed by atoms with Crippen molar-refractivity contribution in [2.75, 3.05) is 10.7 Å². The largest absolute Gasteiger partial charge is 0.321 e. The lowest BCUT2D eigenvalue weighted by atomic mass is 10.1. The van der Waals surface area contributed by atoms with Crippen LogP contribution >= 0.6 is 27.5 Å². The summed E-state index contributed by atoms with van der Waals surface area (Å²) >= 11 is 9.10. The maximum atomic E-state index is 13.5. The summed E-state index contributed by atoms with van der Waals surface area (Å²) in [5, 5.41) is 3.18. The fraction of sp³-hybridized carbons (Fsp3) is 0. The van der Waals surface area contributed by atoms with E-state index in [0.717, 1.165) is 0 Å². The molecule has 104 valence electrons. The third-order valence-corrected chi connectivity index (χ3v) is 3.47. The second kappa shape index (κ2) is 6.21. The third-order valence-electron chi connectivity index (χ3n) is 2.58. The lowest BCUT2D eigenvalue weighted by Crippen LogP contribution is -2.18. The van der Waals surface area contributed by atoms with E-state index >= 15 is 0 Å². The van der Waals surface area contributed by atoms with Gasteiger partial charge in [-0.2, -0.15) is 0 Å². The zero-order valence-corrected chi connectivity index (χ0v) is 12.4. The predicted molar refractivity (Wildman–Crippen MR) is 81.3 cm³/mol. The van der Waals surface area contributed by atoms with E-state index in [1.165, 1.54) is 18.2 Å². The van der Waals surface area contributed by atoms with Gasteiger partial charge in [0.25, 0.3) is 5.91 Å². The van der Waals surface area contributed by atoms with E-state index in [2.05, 4.69) is 26.7 Å². The number of rotatable bonds is 3. The van der Waals surface area contributed by atoms with Crippen molar-refractivity contribution in [3.05, 3.63) is 57.3 Å². The number of hydrazine groups is 1. The van der Waals surface area contributed by atoms with Gasteiger partial charge in [-0.25, -0.2) is 4.39 Å². The van der Waals surface area contributed by atoms with Crippen LogP contribution in [0.4, 0.5) is 15.8 Å². The Hall–Kier alpha value is -1.63. The normalized spacial score (nSPS) is 10.2. The van der Waals surface area contributed by atoms with Gasteiger partial charge in [-0.05, 0) is 46.3 Å². The van der Waals surface area contributed by atoms with Crippen molar-refractivity contribution in [3.8, 4) is 0 Å². The van der Waals surface area contributed by atoms with Crippen LogP contribution in [0.15, 0.2) is 40.9 Å². The minimum atomic E-state index is -0.602. The lowest BCUT2D eigenvalue weighted by Gasteiger charge is -2.11. The average Bonchev–Trinajstić information content (AvgIpc) is 2.41. The predicted octanol–water partition coefficient (Wildman–Crippen LogP) is 3.78. The minimum absolute atomic E-state index is 0.0601. The topological polar surface area (TPSA) is 67.1 Å². The van der Waals surface area contributed by atoms with Gasteiger partial charge in [-0.15, -0.1) is 0 Å². The second-order valence-corrected chi connectivity index (χ2v) is 5.18. The quantitative estimate of drug-likeness (QED) is 0.578. The van der Waals surface area contributed by atoms with E-state index in [1.807, 2.05) is 0 Å². The third kappa shape index (κ3) is 3.09. The Morgan fingerprint density at radius 2 is 2.05 bits per heavy atom. The van der Waals surface area contributed by atoms with Crippen molar-refractivity contribution >= 4 is 44.8 Å². The molecule has 0 spiro atoms. The fourth-order valence-corrected chi connectivity index (χ4v) is 2.42. The first kappa shape index (κ1) is 14.8. The van der Waals surface area contributed by atoms with E-state index in [-0.39, 0.29) is 11.3 Å². The van der Waals surface area contributed by atoms with E-state index in [9.17, 15) is 9.18 Å². The van der Waals surface area contributed by atoms with Crippen LogP contribution in [0.5, 0.6) is 0 Å². The highest BCUT2D eigenvalue weighted by Gasteiger charge is 2.15. The van der Waals surface area contributed by atoms with Crippen molar-refractivity contribution in [1.82, 2.24) is 0 Å². The van der Waals surface area contributed by atoms with Crippen molar-refractivity contribution in [1.29, 1.82) is 0 Å². The van der Waals surface area contributed by atoms with Crippen LogP contribution in [0.3, 0.4) is 0 Å². The Labute approximate surface area is 128 Å². The Bertz CT molecular complexity index is 666. The molecule has 0 saturated heterocycles. The minimum Gasteiger partial charge on any atom is -0.321 e. The molecule has 0 saturated carbocycles. The molecule has 2 aromatic rings. The highest BCUT2D eigenvalue weighted by Crippen LogP contribution is 2.27.